The highest BCUT2D eigenvalue weighted by Crippen LogP contribution is 2.28. The van der Waals surface area contributed by atoms with Gasteiger partial charge in [0, 0.05) is 12.1 Å². The van der Waals surface area contributed by atoms with Crippen molar-refractivity contribution in [1.29, 1.82) is 5.26 Å². The summed E-state index contributed by atoms with van der Waals surface area (Å²) in [6, 6.07) is 4.05. The third-order valence-corrected chi connectivity index (χ3v) is 2.91. The molecule has 1 saturated heterocycles. The number of anilines is 1. The van der Waals surface area contributed by atoms with Crippen molar-refractivity contribution in [2.24, 2.45) is 0 Å². The van der Waals surface area contributed by atoms with Crippen molar-refractivity contribution >= 4 is 17.5 Å². The summed E-state index contributed by atoms with van der Waals surface area (Å²) in [6.07, 6.45) is -4.34. The first kappa shape index (κ1) is 15.6. The van der Waals surface area contributed by atoms with Crippen molar-refractivity contribution in [3.05, 3.63) is 23.8 Å². The van der Waals surface area contributed by atoms with E-state index in [-0.39, 0.29) is 23.6 Å². The molecule has 0 saturated carbocycles. The van der Waals surface area contributed by atoms with Crippen LogP contribution in [0.4, 0.5) is 18.9 Å². The average Bonchev–Trinajstić information content (AvgIpc) is 2.85. The summed E-state index contributed by atoms with van der Waals surface area (Å²) >= 11 is 0. The van der Waals surface area contributed by atoms with Crippen LogP contribution in [0.25, 0.3) is 0 Å². The first-order chi connectivity index (χ1) is 10.3. The van der Waals surface area contributed by atoms with Gasteiger partial charge in [0.25, 0.3) is 0 Å². The number of amides is 2. The molecular weight excluding hydrogens is 303 g/mol. The van der Waals surface area contributed by atoms with Gasteiger partial charge in [-0.05, 0) is 24.6 Å². The Hall–Kier alpha value is -2.76. The predicted octanol–water partition coefficient (Wildman–Crippen LogP) is 1.67. The molecule has 1 aromatic rings. The van der Waals surface area contributed by atoms with E-state index in [1.165, 1.54) is 6.07 Å². The van der Waals surface area contributed by atoms with E-state index in [0.29, 0.717) is 6.42 Å². The van der Waals surface area contributed by atoms with Crippen LogP contribution in [0.2, 0.25) is 0 Å². The summed E-state index contributed by atoms with van der Waals surface area (Å²) in [5.41, 5.74) is -0.234. The smallest absolute Gasteiger partial charge is 0.404 e. The number of ether oxygens (including phenoxy) is 1. The van der Waals surface area contributed by atoms with Crippen molar-refractivity contribution in [2.75, 3.05) is 5.32 Å². The number of rotatable bonds is 3. The van der Waals surface area contributed by atoms with Crippen LogP contribution in [0.3, 0.4) is 0 Å². The highest BCUT2D eigenvalue weighted by Gasteiger charge is 2.32. The quantitative estimate of drug-likeness (QED) is 0.888. The van der Waals surface area contributed by atoms with Gasteiger partial charge in [0.15, 0.2) is 0 Å². The summed E-state index contributed by atoms with van der Waals surface area (Å²) in [7, 11) is 0. The number of benzene rings is 1. The molecule has 9 heteroatoms. The highest BCUT2D eigenvalue weighted by molar-refractivity contribution is 5.99. The fraction of sp³-hybridized carbons (Fsp3) is 0.308. The summed E-state index contributed by atoms with van der Waals surface area (Å²) in [6.45, 7) is 0. The number of hydrogen-bond acceptors (Lipinski definition) is 4. The molecule has 22 heavy (non-hydrogen) atoms. The van der Waals surface area contributed by atoms with E-state index in [0.717, 1.165) is 12.1 Å². The van der Waals surface area contributed by atoms with Crippen molar-refractivity contribution in [3.63, 3.8) is 0 Å². The SMILES string of the molecule is N#Cc1cc(NC(=O)[C@H]2CCC(=O)N2)ccc1OC(F)(F)F. The van der Waals surface area contributed by atoms with E-state index in [2.05, 4.69) is 15.4 Å². The van der Waals surface area contributed by atoms with E-state index in [1.54, 1.807) is 6.07 Å². The van der Waals surface area contributed by atoms with E-state index in [9.17, 15) is 22.8 Å². The molecule has 2 N–H and O–H groups in total. The van der Waals surface area contributed by atoms with E-state index >= 15 is 0 Å². The topological polar surface area (TPSA) is 91.2 Å². The highest BCUT2D eigenvalue weighted by atomic mass is 19.4. The minimum absolute atomic E-state index is 0.136. The molecule has 6 nitrogen and oxygen atoms in total. The Kier molecular flexibility index (Phi) is 4.21. The molecule has 116 valence electrons. The number of hydrogen-bond donors (Lipinski definition) is 2. The van der Waals surface area contributed by atoms with Gasteiger partial charge in [0.1, 0.15) is 17.9 Å². The monoisotopic (exact) mass is 313 g/mol. The van der Waals surface area contributed by atoms with Gasteiger partial charge in [0.05, 0.1) is 5.56 Å². The molecule has 1 aromatic carbocycles. The molecule has 1 heterocycles. The van der Waals surface area contributed by atoms with Gasteiger partial charge < -0.3 is 15.4 Å². The first-order valence-electron chi connectivity index (χ1n) is 6.18. The van der Waals surface area contributed by atoms with Gasteiger partial charge in [-0.2, -0.15) is 5.26 Å². The second kappa shape index (κ2) is 5.93. The maximum absolute atomic E-state index is 12.2. The predicted molar refractivity (Wildman–Crippen MR) is 67.6 cm³/mol. The van der Waals surface area contributed by atoms with Gasteiger partial charge in [-0.3, -0.25) is 9.59 Å². The number of carbonyl (C=O) groups excluding carboxylic acids is 2. The van der Waals surface area contributed by atoms with Gasteiger partial charge in [-0.15, -0.1) is 13.2 Å². The van der Waals surface area contributed by atoms with Crippen LogP contribution < -0.4 is 15.4 Å². The fourth-order valence-electron chi connectivity index (χ4n) is 1.95. The summed E-state index contributed by atoms with van der Waals surface area (Å²) < 4.78 is 40.2. The second-order valence-corrected chi connectivity index (χ2v) is 4.52. The molecule has 1 aliphatic heterocycles. The zero-order valence-electron chi connectivity index (χ0n) is 11.0. The molecule has 0 aromatic heterocycles. The fourth-order valence-corrected chi connectivity index (χ4v) is 1.95. The maximum Gasteiger partial charge on any atom is 0.573 e. The summed E-state index contributed by atoms with van der Waals surface area (Å²) in [5.74, 6) is -1.40. The van der Waals surface area contributed by atoms with Crippen LogP contribution in [0, 0.1) is 11.3 Å². The van der Waals surface area contributed by atoms with Gasteiger partial charge >= 0.3 is 6.36 Å². The third kappa shape index (κ3) is 3.88. The lowest BCUT2D eigenvalue weighted by Gasteiger charge is -2.13. The summed E-state index contributed by atoms with van der Waals surface area (Å²) in [4.78, 5) is 22.9. The zero-order valence-corrected chi connectivity index (χ0v) is 11.0. The lowest BCUT2D eigenvalue weighted by Crippen LogP contribution is -2.37. The first-order valence-corrected chi connectivity index (χ1v) is 6.18. The second-order valence-electron chi connectivity index (χ2n) is 4.52. The van der Waals surface area contributed by atoms with E-state index in [4.69, 9.17) is 5.26 Å². The molecule has 1 atom stereocenters. The lowest BCUT2D eigenvalue weighted by atomic mass is 10.1. The molecule has 0 radical (unpaired) electrons. The lowest BCUT2D eigenvalue weighted by molar-refractivity contribution is -0.274. The summed E-state index contributed by atoms with van der Waals surface area (Å²) in [5, 5.41) is 13.7. The maximum atomic E-state index is 12.2. The van der Waals surface area contributed by atoms with Crippen molar-refractivity contribution < 1.29 is 27.5 Å². The number of nitriles is 1. The minimum Gasteiger partial charge on any atom is -0.404 e. The zero-order chi connectivity index (χ0) is 16.3. The van der Waals surface area contributed by atoms with Crippen LogP contribution in [0.5, 0.6) is 5.75 Å². The van der Waals surface area contributed by atoms with Gasteiger partial charge in [-0.25, -0.2) is 0 Å². The average molecular weight is 313 g/mol. The van der Waals surface area contributed by atoms with Crippen LogP contribution in [0.15, 0.2) is 18.2 Å². The van der Waals surface area contributed by atoms with Crippen molar-refractivity contribution in [1.82, 2.24) is 5.32 Å². The van der Waals surface area contributed by atoms with Gasteiger partial charge in [-0.1, -0.05) is 0 Å². The minimum atomic E-state index is -4.91. The number of carbonyl (C=O) groups is 2. The standard InChI is InChI=1S/C13H10F3N3O3/c14-13(15,16)22-10-3-1-8(5-7(10)6-17)18-12(21)9-2-4-11(20)19-9/h1,3,5,9H,2,4H2,(H,18,21)(H,19,20)/t9-/m1/s1. The molecular formula is C13H10F3N3O3. The molecule has 0 unspecified atom stereocenters. The largest absolute Gasteiger partial charge is 0.573 e. The Morgan fingerprint density at radius 3 is 2.73 bits per heavy atom. The van der Waals surface area contributed by atoms with Crippen LogP contribution in [-0.4, -0.2) is 24.2 Å². The Labute approximate surface area is 122 Å². The Morgan fingerprint density at radius 2 is 2.18 bits per heavy atom. The number of alkyl halides is 3. The normalized spacial score (nSPS) is 17.5. The molecule has 0 bridgehead atoms. The van der Waals surface area contributed by atoms with Crippen LogP contribution >= 0.6 is 0 Å². The molecule has 1 fully saturated rings. The Morgan fingerprint density at radius 1 is 1.45 bits per heavy atom. The van der Waals surface area contributed by atoms with Crippen molar-refractivity contribution in [2.45, 2.75) is 25.2 Å². The number of nitrogens with one attached hydrogen (secondary N) is 2. The Balaban J connectivity index is 2.11. The van der Waals surface area contributed by atoms with Crippen LogP contribution in [0.1, 0.15) is 18.4 Å². The molecule has 1 aliphatic rings. The molecule has 2 rings (SSSR count). The van der Waals surface area contributed by atoms with Gasteiger partial charge in [0.2, 0.25) is 11.8 Å². The van der Waals surface area contributed by atoms with Crippen molar-refractivity contribution in [3.8, 4) is 11.8 Å². The Bertz CT molecular complexity index is 652. The third-order valence-electron chi connectivity index (χ3n) is 2.91. The number of halogens is 3. The molecule has 2 amide bonds. The van der Waals surface area contributed by atoms with E-state index in [1.807, 2.05) is 0 Å². The van der Waals surface area contributed by atoms with Crippen LogP contribution in [-0.2, 0) is 9.59 Å². The van der Waals surface area contributed by atoms with E-state index < -0.39 is 24.1 Å². The molecule has 0 spiro atoms. The number of nitrogens with zero attached hydrogens (tertiary/aromatic N) is 1. The molecule has 0 aliphatic carbocycles.